The first-order valence-corrected chi connectivity index (χ1v) is 7.26. The second-order valence-corrected chi connectivity index (χ2v) is 5.36. The average molecular weight is 279 g/mol. The van der Waals surface area contributed by atoms with Gasteiger partial charge in [-0.05, 0) is 43.1 Å². The zero-order valence-electron chi connectivity index (χ0n) is 11.2. The molecule has 4 heteroatoms. The minimum Gasteiger partial charge on any atom is -0.488 e. The quantitative estimate of drug-likeness (QED) is 0.858. The standard InChI is InChI=1S/C15H18FNOS/c1-3-17-11(2)14-9-12(16)6-7-15(14)18-10-13-5-4-8-19-13/h4-9,11,17H,3,10H2,1-2H3. The fourth-order valence-corrected chi connectivity index (χ4v) is 2.56. The molecule has 0 radical (unpaired) electrons. The van der Waals surface area contributed by atoms with Gasteiger partial charge in [0.1, 0.15) is 18.2 Å². The van der Waals surface area contributed by atoms with Gasteiger partial charge < -0.3 is 10.1 Å². The fraction of sp³-hybridized carbons (Fsp3) is 0.333. The summed E-state index contributed by atoms with van der Waals surface area (Å²) in [6.07, 6.45) is 0. The Kier molecular flexibility index (Phi) is 4.93. The van der Waals surface area contributed by atoms with E-state index in [1.807, 2.05) is 31.4 Å². The molecule has 0 aliphatic heterocycles. The lowest BCUT2D eigenvalue weighted by molar-refractivity contribution is 0.302. The number of rotatable bonds is 6. The highest BCUT2D eigenvalue weighted by atomic mass is 32.1. The molecule has 0 aliphatic carbocycles. The first kappa shape index (κ1) is 14.0. The van der Waals surface area contributed by atoms with E-state index >= 15 is 0 Å². The van der Waals surface area contributed by atoms with Gasteiger partial charge in [-0.15, -0.1) is 11.3 Å². The normalized spacial score (nSPS) is 12.4. The number of thiophene rings is 1. The number of benzene rings is 1. The van der Waals surface area contributed by atoms with Crippen molar-refractivity contribution >= 4 is 11.3 Å². The number of halogens is 1. The molecule has 0 spiro atoms. The number of hydrogen-bond donors (Lipinski definition) is 1. The van der Waals surface area contributed by atoms with Crippen LogP contribution in [0.5, 0.6) is 5.75 Å². The van der Waals surface area contributed by atoms with Crippen molar-refractivity contribution in [2.45, 2.75) is 26.5 Å². The zero-order chi connectivity index (χ0) is 13.7. The molecule has 0 saturated carbocycles. The van der Waals surface area contributed by atoms with Crippen molar-refractivity contribution in [3.8, 4) is 5.75 Å². The minimum absolute atomic E-state index is 0.0686. The maximum Gasteiger partial charge on any atom is 0.124 e. The lowest BCUT2D eigenvalue weighted by Gasteiger charge is -2.17. The van der Waals surface area contributed by atoms with Gasteiger partial charge in [-0.2, -0.15) is 0 Å². The topological polar surface area (TPSA) is 21.3 Å². The van der Waals surface area contributed by atoms with E-state index in [1.165, 1.54) is 12.1 Å². The first-order valence-electron chi connectivity index (χ1n) is 6.38. The summed E-state index contributed by atoms with van der Waals surface area (Å²) in [4.78, 5) is 1.16. The van der Waals surface area contributed by atoms with Crippen LogP contribution >= 0.6 is 11.3 Å². The molecule has 1 heterocycles. The molecule has 0 aliphatic rings. The largest absolute Gasteiger partial charge is 0.488 e. The van der Waals surface area contributed by atoms with Gasteiger partial charge in [0.05, 0.1) is 0 Å². The third kappa shape index (κ3) is 3.78. The summed E-state index contributed by atoms with van der Waals surface area (Å²) >= 11 is 1.66. The molecule has 1 unspecified atom stereocenters. The summed E-state index contributed by atoms with van der Waals surface area (Å²) in [7, 11) is 0. The van der Waals surface area contributed by atoms with Crippen molar-refractivity contribution in [2.24, 2.45) is 0 Å². The van der Waals surface area contributed by atoms with E-state index in [-0.39, 0.29) is 11.9 Å². The van der Waals surface area contributed by atoms with Crippen LogP contribution in [0, 0.1) is 5.82 Å². The molecule has 0 amide bonds. The Hall–Kier alpha value is -1.39. The van der Waals surface area contributed by atoms with Crippen LogP contribution in [-0.4, -0.2) is 6.54 Å². The molecule has 1 aromatic heterocycles. The maximum atomic E-state index is 13.4. The van der Waals surface area contributed by atoms with Gasteiger partial charge >= 0.3 is 0 Å². The van der Waals surface area contributed by atoms with Crippen LogP contribution < -0.4 is 10.1 Å². The van der Waals surface area contributed by atoms with Crippen molar-refractivity contribution in [1.82, 2.24) is 5.32 Å². The van der Waals surface area contributed by atoms with Crippen molar-refractivity contribution < 1.29 is 9.13 Å². The molecule has 2 aromatic rings. The molecular formula is C15H18FNOS. The van der Waals surface area contributed by atoms with Crippen molar-refractivity contribution in [2.75, 3.05) is 6.54 Å². The van der Waals surface area contributed by atoms with Crippen LogP contribution in [0.15, 0.2) is 35.7 Å². The predicted molar refractivity (Wildman–Crippen MR) is 77.1 cm³/mol. The van der Waals surface area contributed by atoms with E-state index in [4.69, 9.17) is 4.74 Å². The fourth-order valence-electron chi connectivity index (χ4n) is 1.95. The van der Waals surface area contributed by atoms with Gasteiger partial charge in [-0.25, -0.2) is 4.39 Å². The van der Waals surface area contributed by atoms with Crippen LogP contribution in [-0.2, 0) is 6.61 Å². The SMILES string of the molecule is CCNC(C)c1cc(F)ccc1OCc1cccs1. The Morgan fingerprint density at radius 3 is 2.89 bits per heavy atom. The van der Waals surface area contributed by atoms with Gasteiger partial charge in [0.15, 0.2) is 0 Å². The second-order valence-electron chi connectivity index (χ2n) is 4.33. The summed E-state index contributed by atoms with van der Waals surface area (Å²) in [6, 6.07) is 8.77. The van der Waals surface area contributed by atoms with Crippen LogP contribution in [0.4, 0.5) is 4.39 Å². The Morgan fingerprint density at radius 2 is 2.21 bits per heavy atom. The third-order valence-corrected chi connectivity index (χ3v) is 3.75. The van der Waals surface area contributed by atoms with E-state index in [1.54, 1.807) is 17.4 Å². The molecule has 1 N–H and O–H groups in total. The molecule has 2 rings (SSSR count). The van der Waals surface area contributed by atoms with Gasteiger partial charge in [-0.1, -0.05) is 13.0 Å². The van der Waals surface area contributed by atoms with Crippen molar-refractivity contribution in [1.29, 1.82) is 0 Å². The number of nitrogens with one attached hydrogen (secondary N) is 1. The van der Waals surface area contributed by atoms with Crippen LogP contribution in [0.1, 0.15) is 30.3 Å². The molecule has 0 saturated heterocycles. The molecular weight excluding hydrogens is 261 g/mol. The molecule has 0 fully saturated rings. The van der Waals surface area contributed by atoms with Crippen LogP contribution in [0.25, 0.3) is 0 Å². The maximum absolute atomic E-state index is 13.4. The third-order valence-electron chi connectivity index (χ3n) is 2.90. The smallest absolute Gasteiger partial charge is 0.124 e. The molecule has 0 bridgehead atoms. The van der Waals surface area contributed by atoms with Crippen molar-refractivity contribution in [3.63, 3.8) is 0 Å². The molecule has 19 heavy (non-hydrogen) atoms. The Bertz CT molecular complexity index is 513. The highest BCUT2D eigenvalue weighted by molar-refractivity contribution is 7.09. The van der Waals surface area contributed by atoms with Gasteiger partial charge in [0, 0.05) is 16.5 Å². The van der Waals surface area contributed by atoms with Crippen LogP contribution in [0.3, 0.4) is 0 Å². The summed E-state index contributed by atoms with van der Waals surface area (Å²) in [5.41, 5.74) is 0.860. The Balaban J connectivity index is 2.14. The number of hydrogen-bond acceptors (Lipinski definition) is 3. The Labute approximate surface area is 117 Å². The highest BCUT2D eigenvalue weighted by Gasteiger charge is 2.12. The summed E-state index contributed by atoms with van der Waals surface area (Å²) in [5.74, 6) is 0.506. The lowest BCUT2D eigenvalue weighted by Crippen LogP contribution is -2.18. The van der Waals surface area contributed by atoms with Gasteiger partial charge in [0.25, 0.3) is 0 Å². The molecule has 102 valence electrons. The van der Waals surface area contributed by atoms with E-state index in [0.29, 0.717) is 6.61 Å². The van der Waals surface area contributed by atoms with Gasteiger partial charge in [0.2, 0.25) is 0 Å². The summed E-state index contributed by atoms with van der Waals surface area (Å²) in [5, 5.41) is 5.30. The van der Waals surface area contributed by atoms with Gasteiger partial charge in [-0.3, -0.25) is 0 Å². The number of ether oxygens (including phenoxy) is 1. The second kappa shape index (κ2) is 6.68. The van der Waals surface area contributed by atoms with E-state index in [2.05, 4.69) is 5.32 Å². The summed E-state index contributed by atoms with van der Waals surface area (Å²) in [6.45, 7) is 5.40. The predicted octanol–water partition coefficient (Wildman–Crippen LogP) is 4.14. The zero-order valence-corrected chi connectivity index (χ0v) is 12.0. The van der Waals surface area contributed by atoms with Crippen LogP contribution in [0.2, 0.25) is 0 Å². The average Bonchev–Trinajstić information content (AvgIpc) is 2.90. The first-order chi connectivity index (χ1) is 9.20. The van der Waals surface area contributed by atoms with E-state index in [0.717, 1.165) is 22.7 Å². The summed E-state index contributed by atoms with van der Waals surface area (Å²) < 4.78 is 19.2. The monoisotopic (exact) mass is 279 g/mol. The van der Waals surface area contributed by atoms with Crippen molar-refractivity contribution in [3.05, 3.63) is 52.0 Å². The molecule has 2 nitrogen and oxygen atoms in total. The minimum atomic E-state index is -0.233. The highest BCUT2D eigenvalue weighted by Crippen LogP contribution is 2.27. The van der Waals surface area contributed by atoms with E-state index in [9.17, 15) is 4.39 Å². The van der Waals surface area contributed by atoms with E-state index < -0.39 is 0 Å². The molecule has 1 aromatic carbocycles. The Morgan fingerprint density at radius 1 is 1.37 bits per heavy atom. The lowest BCUT2D eigenvalue weighted by atomic mass is 10.1. The molecule has 1 atom stereocenters.